The number of hydrogen-bond donors (Lipinski definition) is 3. The summed E-state index contributed by atoms with van der Waals surface area (Å²) in [6.45, 7) is 5.79. The highest BCUT2D eigenvalue weighted by Gasteiger charge is 2.50. The van der Waals surface area contributed by atoms with Gasteiger partial charge in [0.25, 0.3) is 0 Å². The molecule has 0 aromatic carbocycles. The van der Waals surface area contributed by atoms with Crippen molar-refractivity contribution in [3.05, 3.63) is 72.9 Å². The standard InChI is InChI=1S/C61H102O12/c1-4-7-10-13-16-19-22-25-27-30-32-35-38-41-44-47-53(62)69-50-52(71-54(63)48-45-42-39-36-33-29-24-21-18-15-12-9-6-3)51-70-61-59(57(66)56(65)58(73-61)60(67)68)72-55(64)49-46-43-40-37-34-31-28-26-23-20-17-14-11-8-5-2/h9,12,18,21,25-29,33,39,42,52,56-59,61,65-66H,4-8,10-11,13-17,19-20,22-24,30-32,34-38,40-41,43-51H2,1-3H3,(H,67,68)/b12-9-,21-18-,27-25-,28-26-,33-29-,42-39-. The molecule has 418 valence electrons. The number of aliphatic carboxylic acids is 1. The van der Waals surface area contributed by atoms with Gasteiger partial charge in [0.2, 0.25) is 0 Å². The first kappa shape index (κ1) is 67.2. The molecule has 1 rings (SSSR count). The molecular formula is C61H102O12. The van der Waals surface area contributed by atoms with Crippen LogP contribution in [-0.4, -0.2) is 89.2 Å². The van der Waals surface area contributed by atoms with Gasteiger partial charge in [0.15, 0.2) is 24.6 Å². The van der Waals surface area contributed by atoms with Crippen LogP contribution in [0.3, 0.4) is 0 Å². The van der Waals surface area contributed by atoms with Crippen molar-refractivity contribution in [2.75, 3.05) is 13.2 Å². The highest BCUT2D eigenvalue weighted by molar-refractivity contribution is 5.74. The summed E-state index contributed by atoms with van der Waals surface area (Å²) in [5.41, 5.74) is 0. The maximum absolute atomic E-state index is 13.1. The van der Waals surface area contributed by atoms with E-state index in [1.807, 2.05) is 12.2 Å². The fourth-order valence-electron chi connectivity index (χ4n) is 8.31. The Morgan fingerprint density at radius 3 is 1.37 bits per heavy atom. The molecule has 0 radical (unpaired) electrons. The summed E-state index contributed by atoms with van der Waals surface area (Å²) in [4.78, 5) is 51.0. The van der Waals surface area contributed by atoms with Crippen molar-refractivity contribution in [2.24, 2.45) is 0 Å². The summed E-state index contributed by atoms with van der Waals surface area (Å²) in [6, 6.07) is 0. The largest absolute Gasteiger partial charge is 0.479 e. The van der Waals surface area contributed by atoms with Gasteiger partial charge in [-0.2, -0.15) is 0 Å². The van der Waals surface area contributed by atoms with E-state index in [1.165, 1.54) is 77.0 Å². The zero-order valence-corrected chi connectivity index (χ0v) is 45.9. The topological polar surface area (TPSA) is 175 Å². The second-order valence-corrected chi connectivity index (χ2v) is 19.5. The maximum Gasteiger partial charge on any atom is 0.335 e. The van der Waals surface area contributed by atoms with E-state index in [9.17, 15) is 34.5 Å². The number of aliphatic hydroxyl groups excluding tert-OH is 2. The average Bonchev–Trinajstić information content (AvgIpc) is 3.37. The van der Waals surface area contributed by atoms with Crippen LogP contribution in [0.1, 0.15) is 239 Å². The van der Waals surface area contributed by atoms with Crippen LogP contribution in [0.2, 0.25) is 0 Å². The Morgan fingerprint density at radius 1 is 0.466 bits per heavy atom. The number of ether oxygens (including phenoxy) is 5. The van der Waals surface area contributed by atoms with E-state index in [0.29, 0.717) is 25.7 Å². The second kappa shape index (κ2) is 49.1. The lowest BCUT2D eigenvalue weighted by Gasteiger charge is -2.40. The minimum atomic E-state index is -1.92. The van der Waals surface area contributed by atoms with Gasteiger partial charge in [-0.15, -0.1) is 0 Å². The molecular weight excluding hydrogens is 925 g/mol. The third-order valence-electron chi connectivity index (χ3n) is 12.8. The predicted octanol–water partition coefficient (Wildman–Crippen LogP) is 14.6. The lowest BCUT2D eigenvalue weighted by atomic mass is 9.98. The Labute approximate surface area is 442 Å². The second-order valence-electron chi connectivity index (χ2n) is 19.5. The predicted molar refractivity (Wildman–Crippen MR) is 294 cm³/mol. The molecule has 0 aromatic rings. The highest BCUT2D eigenvalue weighted by Crippen LogP contribution is 2.26. The minimum Gasteiger partial charge on any atom is -0.479 e. The van der Waals surface area contributed by atoms with Gasteiger partial charge in [-0.3, -0.25) is 14.4 Å². The van der Waals surface area contributed by atoms with Crippen molar-refractivity contribution in [3.8, 4) is 0 Å². The van der Waals surface area contributed by atoms with Gasteiger partial charge in [0, 0.05) is 19.3 Å². The zero-order chi connectivity index (χ0) is 53.3. The monoisotopic (exact) mass is 1030 g/mol. The van der Waals surface area contributed by atoms with E-state index in [1.54, 1.807) is 0 Å². The summed E-state index contributed by atoms with van der Waals surface area (Å²) in [7, 11) is 0. The number of unbranched alkanes of at least 4 members (excludes halogenated alkanes) is 22. The van der Waals surface area contributed by atoms with E-state index < -0.39 is 67.3 Å². The minimum absolute atomic E-state index is 0.0378. The van der Waals surface area contributed by atoms with Crippen LogP contribution in [0.4, 0.5) is 0 Å². The fraction of sp³-hybridized carbons (Fsp3) is 0.738. The number of carboxylic acid groups (broad SMARTS) is 1. The Kier molecular flexibility index (Phi) is 45.1. The third kappa shape index (κ3) is 39.3. The van der Waals surface area contributed by atoms with Gasteiger partial charge in [-0.05, 0) is 96.3 Å². The average molecular weight is 1030 g/mol. The summed E-state index contributed by atoms with van der Waals surface area (Å²) in [5.74, 6) is -3.25. The van der Waals surface area contributed by atoms with Crippen LogP contribution >= 0.6 is 0 Å². The van der Waals surface area contributed by atoms with Gasteiger partial charge in [0.05, 0.1) is 6.61 Å². The zero-order valence-electron chi connectivity index (χ0n) is 45.9. The van der Waals surface area contributed by atoms with Crippen molar-refractivity contribution < 1.29 is 58.2 Å². The molecule has 1 aliphatic rings. The number of rotatable bonds is 48. The Balaban J connectivity index is 2.74. The van der Waals surface area contributed by atoms with E-state index >= 15 is 0 Å². The number of carbonyl (C=O) groups is 4. The molecule has 0 aliphatic carbocycles. The molecule has 1 aliphatic heterocycles. The molecule has 6 unspecified atom stereocenters. The SMILES string of the molecule is CC/C=C\C/C=C\C/C=C\C/C=C\CCC(=O)OC(COC(=O)CCCCCCC/C=C\CCCCCCCC)COC1OC(C(=O)O)C(O)C(O)C1OC(=O)CCCCCCC/C=C\CCCCCCCC. The Hall–Kier alpha value is -3.84. The van der Waals surface area contributed by atoms with Crippen LogP contribution < -0.4 is 0 Å². The first-order chi connectivity index (χ1) is 35.6. The van der Waals surface area contributed by atoms with Crippen molar-refractivity contribution >= 4 is 23.9 Å². The van der Waals surface area contributed by atoms with Crippen molar-refractivity contribution in [3.63, 3.8) is 0 Å². The van der Waals surface area contributed by atoms with Crippen LogP contribution in [-0.2, 0) is 42.9 Å². The van der Waals surface area contributed by atoms with Gasteiger partial charge in [0.1, 0.15) is 18.8 Å². The lowest BCUT2D eigenvalue weighted by Crippen LogP contribution is -2.61. The smallest absolute Gasteiger partial charge is 0.335 e. The van der Waals surface area contributed by atoms with E-state index in [-0.39, 0.29) is 25.9 Å². The molecule has 0 aromatic heterocycles. The van der Waals surface area contributed by atoms with Gasteiger partial charge in [-0.1, -0.05) is 196 Å². The van der Waals surface area contributed by atoms with E-state index in [4.69, 9.17) is 23.7 Å². The molecule has 1 saturated heterocycles. The Bertz CT molecular complexity index is 1550. The number of carbonyl (C=O) groups excluding carboxylic acids is 3. The summed E-state index contributed by atoms with van der Waals surface area (Å²) >= 11 is 0. The molecule has 0 saturated carbocycles. The number of hydrogen-bond acceptors (Lipinski definition) is 11. The summed E-state index contributed by atoms with van der Waals surface area (Å²) < 4.78 is 28.3. The van der Waals surface area contributed by atoms with Gasteiger partial charge < -0.3 is 39.0 Å². The highest BCUT2D eigenvalue weighted by atomic mass is 16.7. The molecule has 3 N–H and O–H groups in total. The summed E-state index contributed by atoms with van der Waals surface area (Å²) in [5, 5.41) is 31.4. The van der Waals surface area contributed by atoms with Crippen LogP contribution in [0.25, 0.3) is 0 Å². The van der Waals surface area contributed by atoms with Crippen LogP contribution in [0.5, 0.6) is 0 Å². The van der Waals surface area contributed by atoms with Crippen molar-refractivity contribution in [1.82, 2.24) is 0 Å². The quantitative estimate of drug-likeness (QED) is 0.0228. The molecule has 0 spiro atoms. The molecule has 0 bridgehead atoms. The first-order valence-electron chi connectivity index (χ1n) is 28.9. The molecule has 0 amide bonds. The Morgan fingerprint density at radius 2 is 0.890 bits per heavy atom. The van der Waals surface area contributed by atoms with E-state index in [0.717, 1.165) is 96.3 Å². The van der Waals surface area contributed by atoms with E-state index in [2.05, 4.69) is 81.5 Å². The molecule has 12 heteroatoms. The number of carboxylic acids is 1. The number of esters is 3. The van der Waals surface area contributed by atoms with Crippen LogP contribution in [0, 0.1) is 0 Å². The molecule has 1 fully saturated rings. The van der Waals surface area contributed by atoms with Crippen LogP contribution in [0.15, 0.2) is 72.9 Å². The van der Waals surface area contributed by atoms with Gasteiger partial charge in [-0.25, -0.2) is 4.79 Å². The normalized spacial score (nSPS) is 18.8. The van der Waals surface area contributed by atoms with Crippen molar-refractivity contribution in [2.45, 2.75) is 276 Å². The fourth-order valence-corrected chi connectivity index (χ4v) is 8.31. The van der Waals surface area contributed by atoms with Gasteiger partial charge >= 0.3 is 23.9 Å². The molecule has 6 atom stereocenters. The first-order valence-corrected chi connectivity index (χ1v) is 28.9. The molecule has 73 heavy (non-hydrogen) atoms. The number of allylic oxidation sites excluding steroid dienone is 12. The van der Waals surface area contributed by atoms with Crippen molar-refractivity contribution in [1.29, 1.82) is 0 Å². The lowest BCUT2D eigenvalue weighted by molar-refractivity contribution is -0.301. The summed E-state index contributed by atoms with van der Waals surface area (Å²) in [6.07, 6.45) is 48.9. The molecule has 1 heterocycles. The molecule has 12 nitrogen and oxygen atoms in total. The number of aliphatic hydroxyl groups is 2. The maximum atomic E-state index is 13.1. The third-order valence-corrected chi connectivity index (χ3v) is 12.8.